The molecule has 0 bridgehead atoms. The maximum absolute atomic E-state index is 11.8. The number of amides is 2. The summed E-state index contributed by atoms with van der Waals surface area (Å²) in [5.41, 5.74) is 10.3. The van der Waals surface area contributed by atoms with Crippen LogP contribution in [-0.4, -0.2) is 81.7 Å². The first-order chi connectivity index (χ1) is 21.5. The van der Waals surface area contributed by atoms with Gasteiger partial charge in [0.15, 0.2) is 0 Å². The summed E-state index contributed by atoms with van der Waals surface area (Å²) < 4.78 is 0. The lowest BCUT2D eigenvalue weighted by Gasteiger charge is -2.35. The molecule has 1 aliphatic heterocycles. The summed E-state index contributed by atoms with van der Waals surface area (Å²) in [4.78, 5) is 30.4. The molecule has 3 aromatic rings. The summed E-state index contributed by atoms with van der Waals surface area (Å²) in [5, 5.41) is 22.5. The number of nitrogens with zero attached hydrogens (tertiary/aromatic N) is 3. The Balaban J connectivity index is 0.000000263. The standard InChI is InChI=1S/C22H30N4O2.C9H10O.C5H11NO/c23-22(28)20(13-18-5-2-1-3-6-18)14-21(27)17-26-11-9-25(10-12-26)16-19-7-4-8-24-15-19;10-9-6-5-7-3-1-2-4-8(7)9;1-5(2,3)6-4-7/h1-8,15,20-21,27H,9-14,16-17H2,(H2,23,28);1-4,9-10H,5-6H2;4H,1-3H3,(H,6,7)/t20-,21+;9-;/m11./s1. The van der Waals surface area contributed by atoms with Crippen molar-refractivity contribution in [3.05, 3.63) is 101 Å². The van der Waals surface area contributed by atoms with E-state index < -0.39 is 6.10 Å². The number of aryl methyl sites for hydroxylation is 1. The van der Waals surface area contributed by atoms with E-state index in [-0.39, 0.29) is 23.5 Å². The minimum absolute atomic E-state index is 0.0677. The van der Waals surface area contributed by atoms with Gasteiger partial charge in [0, 0.05) is 63.1 Å². The van der Waals surface area contributed by atoms with Crippen molar-refractivity contribution in [3.8, 4) is 0 Å². The molecule has 5 rings (SSSR count). The Morgan fingerprint density at radius 2 is 1.64 bits per heavy atom. The summed E-state index contributed by atoms with van der Waals surface area (Å²) >= 11 is 0. The first-order valence-corrected chi connectivity index (χ1v) is 15.9. The third kappa shape index (κ3) is 13.5. The number of pyridine rings is 1. The molecule has 1 fully saturated rings. The normalized spacial score (nSPS) is 17.8. The van der Waals surface area contributed by atoms with Crippen LogP contribution in [0.4, 0.5) is 0 Å². The van der Waals surface area contributed by atoms with Gasteiger partial charge in [-0.15, -0.1) is 0 Å². The van der Waals surface area contributed by atoms with E-state index >= 15 is 0 Å². The molecule has 1 saturated heterocycles. The zero-order valence-corrected chi connectivity index (χ0v) is 27.0. The molecule has 5 N–H and O–H groups in total. The Morgan fingerprint density at radius 3 is 2.22 bits per heavy atom. The molecule has 244 valence electrons. The van der Waals surface area contributed by atoms with Gasteiger partial charge in [0.25, 0.3) is 0 Å². The number of hydrogen-bond acceptors (Lipinski definition) is 7. The monoisotopic (exact) mass is 617 g/mol. The van der Waals surface area contributed by atoms with Crippen LogP contribution in [0.2, 0.25) is 0 Å². The lowest BCUT2D eigenvalue weighted by Crippen LogP contribution is -2.48. The molecule has 45 heavy (non-hydrogen) atoms. The Morgan fingerprint density at radius 1 is 1.00 bits per heavy atom. The predicted octanol–water partition coefficient (Wildman–Crippen LogP) is 3.49. The van der Waals surface area contributed by atoms with Crippen molar-refractivity contribution in [3.63, 3.8) is 0 Å². The fourth-order valence-corrected chi connectivity index (χ4v) is 5.49. The summed E-state index contributed by atoms with van der Waals surface area (Å²) in [7, 11) is 0. The number of rotatable bonds is 10. The van der Waals surface area contributed by atoms with Crippen LogP contribution in [0.1, 0.15) is 62.0 Å². The zero-order chi connectivity index (χ0) is 32.7. The highest BCUT2D eigenvalue weighted by Gasteiger charge is 2.24. The van der Waals surface area contributed by atoms with Crippen LogP contribution in [0.5, 0.6) is 0 Å². The fraction of sp³-hybridized carbons (Fsp3) is 0.472. The van der Waals surface area contributed by atoms with Crippen molar-refractivity contribution in [1.29, 1.82) is 0 Å². The summed E-state index contributed by atoms with van der Waals surface area (Å²) in [6.45, 7) is 11.0. The number of nitrogens with one attached hydrogen (secondary N) is 1. The van der Waals surface area contributed by atoms with Crippen molar-refractivity contribution >= 4 is 12.3 Å². The number of hydrogen-bond donors (Lipinski definition) is 4. The second-order valence-corrected chi connectivity index (χ2v) is 12.9. The van der Waals surface area contributed by atoms with E-state index in [9.17, 15) is 19.8 Å². The summed E-state index contributed by atoms with van der Waals surface area (Å²) in [6.07, 6.45) is 6.58. The Labute approximate surface area is 268 Å². The van der Waals surface area contributed by atoms with Gasteiger partial charge in [0.1, 0.15) is 0 Å². The molecule has 0 radical (unpaired) electrons. The molecule has 0 spiro atoms. The Bertz CT molecular complexity index is 1280. The Hall–Kier alpha value is -3.63. The van der Waals surface area contributed by atoms with Crippen molar-refractivity contribution in [2.45, 2.75) is 70.7 Å². The Kier molecular flexibility index (Phi) is 14.6. The van der Waals surface area contributed by atoms with Crippen LogP contribution in [0, 0.1) is 5.92 Å². The highest BCUT2D eigenvalue weighted by atomic mass is 16.3. The lowest BCUT2D eigenvalue weighted by atomic mass is 9.93. The van der Waals surface area contributed by atoms with Gasteiger partial charge in [-0.2, -0.15) is 0 Å². The molecule has 3 atom stereocenters. The number of aromatic nitrogens is 1. The average molecular weight is 618 g/mol. The van der Waals surface area contributed by atoms with E-state index in [1.807, 2.05) is 81.6 Å². The molecule has 2 amide bonds. The van der Waals surface area contributed by atoms with E-state index in [0.29, 0.717) is 25.8 Å². The van der Waals surface area contributed by atoms with Gasteiger partial charge < -0.3 is 21.3 Å². The van der Waals surface area contributed by atoms with Crippen molar-refractivity contribution in [1.82, 2.24) is 20.1 Å². The minimum Gasteiger partial charge on any atom is -0.392 e. The van der Waals surface area contributed by atoms with Gasteiger partial charge >= 0.3 is 0 Å². The number of nitrogens with two attached hydrogens (primary N) is 1. The second kappa shape index (κ2) is 18.4. The number of primary amides is 1. The van der Waals surface area contributed by atoms with Crippen LogP contribution >= 0.6 is 0 Å². The molecule has 9 nitrogen and oxygen atoms in total. The minimum atomic E-state index is -0.550. The topological polar surface area (TPSA) is 132 Å². The first kappa shape index (κ1) is 35.8. The molecule has 9 heteroatoms. The number of benzene rings is 2. The average Bonchev–Trinajstić information content (AvgIpc) is 3.39. The maximum atomic E-state index is 11.8. The quantitative estimate of drug-likeness (QED) is 0.256. The third-order valence-corrected chi connectivity index (χ3v) is 7.94. The number of carbonyl (C=O) groups excluding carboxylic acids is 2. The zero-order valence-electron chi connectivity index (χ0n) is 27.0. The van der Waals surface area contributed by atoms with Gasteiger partial charge in [0.05, 0.1) is 12.2 Å². The van der Waals surface area contributed by atoms with E-state index in [1.54, 1.807) is 6.20 Å². The molecule has 1 aromatic heterocycles. The van der Waals surface area contributed by atoms with Gasteiger partial charge in [-0.05, 0) is 74.8 Å². The molecule has 1 aliphatic carbocycles. The molecule has 0 saturated carbocycles. The van der Waals surface area contributed by atoms with Gasteiger partial charge in [-0.1, -0.05) is 60.7 Å². The largest absolute Gasteiger partial charge is 0.392 e. The lowest BCUT2D eigenvalue weighted by molar-refractivity contribution is -0.123. The van der Waals surface area contributed by atoms with Crippen LogP contribution in [0.3, 0.4) is 0 Å². The molecule has 2 aromatic carbocycles. The second-order valence-electron chi connectivity index (χ2n) is 12.9. The first-order valence-electron chi connectivity index (χ1n) is 15.9. The van der Waals surface area contributed by atoms with Gasteiger partial charge in [0.2, 0.25) is 12.3 Å². The van der Waals surface area contributed by atoms with Crippen LogP contribution < -0.4 is 11.1 Å². The number of piperazine rings is 1. The summed E-state index contributed by atoms with van der Waals surface area (Å²) in [6, 6.07) is 22.0. The number of aliphatic hydroxyl groups excluding tert-OH is 2. The highest BCUT2D eigenvalue weighted by molar-refractivity contribution is 5.77. The van der Waals surface area contributed by atoms with Crippen molar-refractivity contribution in [2.24, 2.45) is 11.7 Å². The van der Waals surface area contributed by atoms with E-state index in [1.165, 1.54) is 11.1 Å². The smallest absolute Gasteiger partial charge is 0.220 e. The van der Waals surface area contributed by atoms with Crippen LogP contribution in [0.15, 0.2) is 79.1 Å². The molecular weight excluding hydrogens is 566 g/mol. The summed E-state index contributed by atoms with van der Waals surface area (Å²) in [5.74, 6) is -0.687. The van der Waals surface area contributed by atoms with Crippen LogP contribution in [-0.2, 0) is 29.0 Å². The van der Waals surface area contributed by atoms with Gasteiger partial charge in [-0.25, -0.2) is 0 Å². The molecule has 2 aliphatic rings. The van der Waals surface area contributed by atoms with E-state index in [0.717, 1.165) is 56.7 Å². The highest BCUT2D eigenvalue weighted by Crippen LogP contribution is 2.29. The van der Waals surface area contributed by atoms with Gasteiger partial charge in [-0.3, -0.25) is 24.4 Å². The number of fused-ring (bicyclic) bond motifs is 1. The van der Waals surface area contributed by atoms with Crippen molar-refractivity contribution in [2.75, 3.05) is 32.7 Å². The molecule has 0 unspecified atom stereocenters. The van der Waals surface area contributed by atoms with E-state index in [2.05, 4.69) is 32.2 Å². The third-order valence-electron chi connectivity index (χ3n) is 7.94. The van der Waals surface area contributed by atoms with Crippen molar-refractivity contribution < 1.29 is 19.8 Å². The molecular formula is C36H51N5O4. The van der Waals surface area contributed by atoms with Crippen LogP contribution in [0.25, 0.3) is 0 Å². The number of β-amino-alcohol motifs (C(OH)–C–C–N with tert-alkyl or cyclic N) is 1. The maximum Gasteiger partial charge on any atom is 0.220 e. The fourth-order valence-electron chi connectivity index (χ4n) is 5.49. The SMILES string of the molecule is CC(C)(C)NC=O.NC(=O)[C@H](Cc1ccccc1)C[C@H](O)CN1CCN(Cc2cccnc2)CC1.O[C@@H]1CCc2ccccc21. The predicted molar refractivity (Wildman–Crippen MR) is 178 cm³/mol. The molecule has 2 heterocycles. The number of carbonyl (C=O) groups is 2. The number of aliphatic hydroxyl groups is 2. The van der Waals surface area contributed by atoms with E-state index in [4.69, 9.17) is 5.73 Å².